The van der Waals surface area contributed by atoms with Gasteiger partial charge >= 0.3 is 0 Å². The maximum Gasteiger partial charge on any atom is 0.279 e. The fraction of sp³-hybridized carbons (Fsp3) is 0.222. The Morgan fingerprint density at radius 1 is 1.24 bits per heavy atom. The highest BCUT2D eigenvalue weighted by molar-refractivity contribution is 8.00. The number of anilines is 1. The van der Waals surface area contributed by atoms with Gasteiger partial charge in [-0.3, -0.25) is 9.59 Å². The maximum absolute atomic E-state index is 12.2. The minimum atomic E-state index is -0.394. The number of primary amides is 1. The third-order valence-corrected chi connectivity index (χ3v) is 4.89. The van der Waals surface area contributed by atoms with E-state index in [1.807, 2.05) is 60.8 Å². The van der Waals surface area contributed by atoms with Crippen molar-refractivity contribution in [2.45, 2.75) is 17.9 Å². The topological polar surface area (TPSA) is 88.8 Å². The normalized spacial score (nSPS) is 11.8. The van der Waals surface area contributed by atoms with Gasteiger partial charge in [-0.1, -0.05) is 35.9 Å². The number of nitrogens with one attached hydrogen (secondary N) is 1. The molecule has 5 nitrogen and oxygen atoms in total. The minimum Gasteiger partial charge on any atom is -0.369 e. The Morgan fingerprint density at radius 3 is 2.72 bits per heavy atom. The molecule has 0 saturated heterocycles. The van der Waals surface area contributed by atoms with Crippen LogP contribution in [0.3, 0.4) is 0 Å². The summed E-state index contributed by atoms with van der Waals surface area (Å²) in [5, 5.41) is 5.51. The average Bonchev–Trinajstić information content (AvgIpc) is 2.59. The lowest BCUT2D eigenvalue weighted by molar-refractivity contribution is -0.682. The first-order valence-electron chi connectivity index (χ1n) is 7.84. The number of para-hydroxylation sites is 1. The second-order valence-electron chi connectivity index (χ2n) is 5.58. The standard InChI is InChI=1S/C18H20ClN3O2S/c1-12(13-5-4-6-14(19)9-13)21-10-18(24)22-15-7-2-3-8-16(15)25-11-17(20)23/h2-9,12,21H,10-11H2,1H3,(H2,20,23)(H,22,24)/p+1/t12-/m0/s1. The van der Waals surface area contributed by atoms with Crippen LogP contribution in [0.4, 0.5) is 5.69 Å². The monoisotopic (exact) mass is 378 g/mol. The predicted octanol–water partition coefficient (Wildman–Crippen LogP) is 2.18. The van der Waals surface area contributed by atoms with Crippen molar-refractivity contribution >= 4 is 40.9 Å². The first-order valence-corrected chi connectivity index (χ1v) is 9.21. The first-order chi connectivity index (χ1) is 12.0. The van der Waals surface area contributed by atoms with Gasteiger partial charge in [-0.05, 0) is 31.2 Å². The van der Waals surface area contributed by atoms with Crippen molar-refractivity contribution in [2.75, 3.05) is 17.6 Å². The summed E-state index contributed by atoms with van der Waals surface area (Å²) in [5.74, 6) is -0.332. The van der Waals surface area contributed by atoms with Crippen LogP contribution in [-0.2, 0) is 9.59 Å². The molecule has 2 rings (SSSR count). The fourth-order valence-corrected chi connectivity index (χ4v) is 3.20. The highest BCUT2D eigenvalue weighted by atomic mass is 35.5. The van der Waals surface area contributed by atoms with Gasteiger partial charge in [0.25, 0.3) is 5.91 Å². The Balaban J connectivity index is 1.91. The van der Waals surface area contributed by atoms with Crippen LogP contribution in [0, 0.1) is 0 Å². The molecule has 0 bridgehead atoms. The quantitative estimate of drug-likeness (QED) is 0.615. The van der Waals surface area contributed by atoms with Gasteiger partial charge in [0.05, 0.1) is 11.4 Å². The molecule has 0 heterocycles. The third kappa shape index (κ3) is 6.42. The number of thioether (sulfide) groups is 1. The molecular formula is C18H21ClN3O2S+. The zero-order valence-electron chi connectivity index (χ0n) is 13.9. The van der Waals surface area contributed by atoms with Crippen molar-refractivity contribution in [1.82, 2.24) is 0 Å². The van der Waals surface area contributed by atoms with E-state index in [1.54, 1.807) is 0 Å². The van der Waals surface area contributed by atoms with E-state index in [0.29, 0.717) is 10.7 Å². The second kappa shape index (κ2) is 9.46. The number of rotatable bonds is 8. The fourth-order valence-electron chi connectivity index (χ4n) is 2.26. The lowest BCUT2D eigenvalue weighted by atomic mass is 10.1. The van der Waals surface area contributed by atoms with Crippen LogP contribution in [-0.4, -0.2) is 24.1 Å². The highest BCUT2D eigenvalue weighted by Gasteiger charge is 2.13. The van der Waals surface area contributed by atoms with E-state index in [-0.39, 0.29) is 24.2 Å². The molecule has 132 valence electrons. The van der Waals surface area contributed by atoms with Crippen LogP contribution < -0.4 is 16.4 Å². The molecule has 2 amide bonds. The minimum absolute atomic E-state index is 0.110. The lowest BCUT2D eigenvalue weighted by Crippen LogP contribution is -2.86. The molecule has 5 N–H and O–H groups in total. The summed E-state index contributed by atoms with van der Waals surface area (Å²) >= 11 is 7.31. The molecule has 0 saturated carbocycles. The summed E-state index contributed by atoms with van der Waals surface area (Å²) in [7, 11) is 0. The number of carbonyl (C=O) groups excluding carboxylic acids is 2. The smallest absolute Gasteiger partial charge is 0.279 e. The van der Waals surface area contributed by atoms with E-state index < -0.39 is 5.91 Å². The first kappa shape index (κ1) is 19.3. The molecule has 0 aliphatic heterocycles. The molecular weight excluding hydrogens is 358 g/mol. The summed E-state index contributed by atoms with van der Waals surface area (Å²) in [4.78, 5) is 24.0. The van der Waals surface area contributed by atoms with Crippen LogP contribution >= 0.6 is 23.4 Å². The van der Waals surface area contributed by atoms with E-state index in [9.17, 15) is 9.59 Å². The summed E-state index contributed by atoms with van der Waals surface area (Å²) in [6.07, 6.45) is 0. The van der Waals surface area contributed by atoms with Crippen molar-refractivity contribution < 1.29 is 14.9 Å². The summed E-state index contributed by atoms with van der Waals surface area (Å²) < 4.78 is 0. The molecule has 1 atom stereocenters. The number of hydrogen-bond donors (Lipinski definition) is 3. The molecule has 0 radical (unpaired) electrons. The molecule has 2 aromatic rings. The third-order valence-electron chi connectivity index (χ3n) is 3.56. The summed E-state index contributed by atoms with van der Waals surface area (Å²) in [5.41, 5.74) is 6.93. The Bertz CT molecular complexity index is 755. The van der Waals surface area contributed by atoms with E-state index in [1.165, 1.54) is 11.8 Å². The number of amides is 2. The number of quaternary nitrogens is 1. The van der Waals surface area contributed by atoms with Gasteiger partial charge in [-0.25, -0.2) is 0 Å². The average molecular weight is 379 g/mol. The summed E-state index contributed by atoms with van der Waals surface area (Å²) in [6, 6.07) is 15.1. The van der Waals surface area contributed by atoms with Gasteiger partial charge in [0.15, 0.2) is 6.54 Å². The van der Waals surface area contributed by atoms with Crippen LogP contribution in [0.1, 0.15) is 18.5 Å². The van der Waals surface area contributed by atoms with Crippen molar-refractivity contribution in [3.8, 4) is 0 Å². The Morgan fingerprint density at radius 2 is 2.00 bits per heavy atom. The molecule has 0 spiro atoms. The molecule has 0 aliphatic carbocycles. The van der Waals surface area contributed by atoms with E-state index in [4.69, 9.17) is 17.3 Å². The van der Waals surface area contributed by atoms with E-state index >= 15 is 0 Å². The maximum atomic E-state index is 12.2. The van der Waals surface area contributed by atoms with Crippen molar-refractivity contribution in [1.29, 1.82) is 0 Å². The largest absolute Gasteiger partial charge is 0.369 e. The second-order valence-corrected chi connectivity index (χ2v) is 7.04. The van der Waals surface area contributed by atoms with Crippen molar-refractivity contribution in [2.24, 2.45) is 5.73 Å². The number of nitrogens with two attached hydrogens (primary N) is 2. The molecule has 0 fully saturated rings. The molecule has 0 unspecified atom stereocenters. The zero-order chi connectivity index (χ0) is 18.2. The van der Waals surface area contributed by atoms with Crippen LogP contribution in [0.2, 0.25) is 5.02 Å². The molecule has 7 heteroatoms. The van der Waals surface area contributed by atoms with Gasteiger partial charge in [0, 0.05) is 15.5 Å². The van der Waals surface area contributed by atoms with Gasteiger partial charge in [0.2, 0.25) is 5.91 Å². The van der Waals surface area contributed by atoms with Crippen molar-refractivity contribution in [3.05, 3.63) is 59.1 Å². The van der Waals surface area contributed by atoms with E-state index in [2.05, 4.69) is 5.32 Å². The van der Waals surface area contributed by atoms with Crippen LogP contribution in [0.15, 0.2) is 53.4 Å². The highest BCUT2D eigenvalue weighted by Crippen LogP contribution is 2.26. The van der Waals surface area contributed by atoms with Gasteiger partial charge in [0.1, 0.15) is 6.04 Å². The van der Waals surface area contributed by atoms with Gasteiger partial charge < -0.3 is 16.4 Å². The van der Waals surface area contributed by atoms with E-state index in [0.717, 1.165) is 10.5 Å². The Kier molecular flexibility index (Phi) is 7.31. The van der Waals surface area contributed by atoms with Gasteiger partial charge in [-0.2, -0.15) is 0 Å². The molecule has 0 aliphatic rings. The SMILES string of the molecule is C[C@H]([NH2+]CC(=O)Nc1ccccc1SCC(N)=O)c1cccc(Cl)c1. The molecule has 2 aromatic carbocycles. The predicted molar refractivity (Wildman–Crippen MR) is 102 cm³/mol. The molecule has 0 aromatic heterocycles. The lowest BCUT2D eigenvalue weighted by Gasteiger charge is -2.13. The molecule has 25 heavy (non-hydrogen) atoms. The van der Waals surface area contributed by atoms with Crippen molar-refractivity contribution in [3.63, 3.8) is 0 Å². The number of hydrogen-bond acceptors (Lipinski definition) is 3. The van der Waals surface area contributed by atoms with Gasteiger partial charge in [-0.15, -0.1) is 11.8 Å². The number of benzene rings is 2. The number of halogens is 1. The zero-order valence-corrected chi connectivity index (χ0v) is 15.4. The van der Waals surface area contributed by atoms with Crippen LogP contribution in [0.25, 0.3) is 0 Å². The Hall–Kier alpha value is -2.02. The van der Waals surface area contributed by atoms with Crippen LogP contribution in [0.5, 0.6) is 0 Å². The summed E-state index contributed by atoms with van der Waals surface area (Å²) in [6.45, 7) is 2.30. The Labute approximate surface area is 156 Å². The number of carbonyl (C=O) groups is 2.